The van der Waals surface area contributed by atoms with Gasteiger partial charge in [0.05, 0.1) is 29.6 Å². The SMILES string of the molecule is CCc1cccc(CC)c1-c1cc(OC2CCC(C)(O)CC2)c(CN2C[C@@H](C)O[C@H](C)C2)c(C)n1. The van der Waals surface area contributed by atoms with E-state index in [-0.39, 0.29) is 18.3 Å². The molecule has 1 saturated heterocycles. The Kier molecular flexibility index (Phi) is 8.19. The van der Waals surface area contributed by atoms with E-state index < -0.39 is 5.60 Å². The summed E-state index contributed by atoms with van der Waals surface area (Å²) in [5, 5.41) is 10.4. The summed E-state index contributed by atoms with van der Waals surface area (Å²) in [6.07, 6.45) is 5.83. The van der Waals surface area contributed by atoms with Gasteiger partial charge in [0.1, 0.15) is 5.75 Å². The maximum atomic E-state index is 10.4. The first-order valence-electron chi connectivity index (χ1n) is 13.6. The number of benzene rings is 1. The van der Waals surface area contributed by atoms with Crippen molar-refractivity contribution in [2.45, 2.75) is 111 Å². The third-order valence-corrected chi connectivity index (χ3v) is 7.73. The molecular weight excluding hydrogens is 436 g/mol. The summed E-state index contributed by atoms with van der Waals surface area (Å²) in [5.41, 5.74) is 6.59. The van der Waals surface area contributed by atoms with Crippen LogP contribution in [-0.2, 0) is 24.1 Å². The summed E-state index contributed by atoms with van der Waals surface area (Å²) in [5.74, 6) is 0.957. The zero-order chi connectivity index (χ0) is 25.2. The van der Waals surface area contributed by atoms with Crippen LogP contribution in [0.3, 0.4) is 0 Å². The van der Waals surface area contributed by atoms with E-state index in [0.717, 1.165) is 75.3 Å². The van der Waals surface area contributed by atoms with Gasteiger partial charge >= 0.3 is 0 Å². The number of morpholine rings is 1. The normalized spacial score (nSPS) is 27.7. The summed E-state index contributed by atoms with van der Waals surface area (Å²) in [6, 6.07) is 8.80. The van der Waals surface area contributed by atoms with E-state index in [0.29, 0.717) is 0 Å². The van der Waals surface area contributed by atoms with E-state index in [9.17, 15) is 5.11 Å². The molecule has 2 fully saturated rings. The monoisotopic (exact) mass is 480 g/mol. The van der Waals surface area contributed by atoms with Crippen LogP contribution in [0.15, 0.2) is 24.3 Å². The molecule has 2 aliphatic rings. The summed E-state index contributed by atoms with van der Waals surface area (Å²) < 4.78 is 12.7. The lowest BCUT2D eigenvalue weighted by Gasteiger charge is -2.36. The van der Waals surface area contributed by atoms with Crippen molar-refractivity contribution in [1.82, 2.24) is 9.88 Å². The number of rotatable bonds is 7. The molecule has 1 aromatic heterocycles. The van der Waals surface area contributed by atoms with Crippen molar-refractivity contribution in [3.63, 3.8) is 0 Å². The maximum absolute atomic E-state index is 10.4. The molecule has 2 aromatic rings. The van der Waals surface area contributed by atoms with E-state index in [1.54, 1.807) is 0 Å². The van der Waals surface area contributed by atoms with E-state index in [1.807, 2.05) is 6.92 Å². The molecule has 1 N–H and O–H groups in total. The standard InChI is InChI=1S/C30H44N2O3/c1-7-23-10-9-11-24(8-2)29(23)27-16-28(35-25-12-14-30(6,33)15-13-25)26(22(5)31-27)19-32-17-20(3)34-21(4)18-32/h9-11,16,20-21,25,33H,7-8,12-15,17-19H2,1-6H3/t20-,21-,25?,30?/m1/s1. The Morgan fingerprint density at radius 1 is 1.09 bits per heavy atom. The Hall–Kier alpha value is -1.95. The average Bonchev–Trinajstić information content (AvgIpc) is 2.81. The van der Waals surface area contributed by atoms with Gasteiger partial charge in [-0.2, -0.15) is 0 Å². The number of aliphatic hydroxyl groups is 1. The number of hydrogen-bond acceptors (Lipinski definition) is 5. The second kappa shape index (κ2) is 11.0. The van der Waals surface area contributed by atoms with Crippen molar-refractivity contribution in [3.05, 3.63) is 46.6 Å². The molecule has 5 nitrogen and oxygen atoms in total. The molecule has 2 atom stereocenters. The predicted molar refractivity (Wildman–Crippen MR) is 142 cm³/mol. The summed E-state index contributed by atoms with van der Waals surface area (Å²) in [6.45, 7) is 15.4. The van der Waals surface area contributed by atoms with Crippen LogP contribution < -0.4 is 4.74 Å². The first-order chi connectivity index (χ1) is 16.7. The molecule has 35 heavy (non-hydrogen) atoms. The fraction of sp³-hybridized carbons (Fsp3) is 0.633. The number of pyridine rings is 1. The lowest BCUT2D eigenvalue weighted by atomic mass is 9.85. The van der Waals surface area contributed by atoms with E-state index >= 15 is 0 Å². The molecule has 5 heteroatoms. The third-order valence-electron chi connectivity index (χ3n) is 7.73. The van der Waals surface area contributed by atoms with Gasteiger partial charge in [-0.3, -0.25) is 9.88 Å². The molecule has 4 rings (SSSR count). The van der Waals surface area contributed by atoms with Gasteiger partial charge in [0.25, 0.3) is 0 Å². The van der Waals surface area contributed by atoms with Crippen LogP contribution in [0.4, 0.5) is 0 Å². The second-order valence-corrected chi connectivity index (χ2v) is 11.0. The second-order valence-electron chi connectivity index (χ2n) is 11.0. The van der Waals surface area contributed by atoms with Crippen LogP contribution in [0, 0.1) is 6.92 Å². The van der Waals surface area contributed by atoms with Gasteiger partial charge in [0, 0.05) is 42.5 Å². The Morgan fingerprint density at radius 3 is 2.26 bits per heavy atom. The predicted octanol–water partition coefficient (Wildman–Crippen LogP) is 5.86. The molecule has 1 aliphatic carbocycles. The molecule has 2 heterocycles. The quantitative estimate of drug-likeness (QED) is 0.538. The van der Waals surface area contributed by atoms with Crippen molar-refractivity contribution in [1.29, 1.82) is 0 Å². The summed E-state index contributed by atoms with van der Waals surface area (Å²) >= 11 is 0. The Balaban J connectivity index is 1.72. The lowest BCUT2D eigenvalue weighted by molar-refractivity contribution is -0.0708. The van der Waals surface area contributed by atoms with Crippen LogP contribution in [0.1, 0.15) is 82.7 Å². The molecule has 1 aliphatic heterocycles. The zero-order valence-electron chi connectivity index (χ0n) is 22.6. The largest absolute Gasteiger partial charge is 0.490 e. The smallest absolute Gasteiger partial charge is 0.128 e. The van der Waals surface area contributed by atoms with Gasteiger partial charge in [-0.25, -0.2) is 0 Å². The molecule has 1 saturated carbocycles. The van der Waals surface area contributed by atoms with Crippen molar-refractivity contribution in [2.75, 3.05) is 13.1 Å². The van der Waals surface area contributed by atoms with Gasteiger partial charge in [-0.15, -0.1) is 0 Å². The minimum atomic E-state index is -0.571. The molecule has 0 radical (unpaired) electrons. The topological polar surface area (TPSA) is 54.8 Å². The highest BCUT2D eigenvalue weighted by Gasteiger charge is 2.31. The molecular formula is C30H44N2O3. The number of hydrogen-bond donors (Lipinski definition) is 1. The van der Waals surface area contributed by atoms with Crippen LogP contribution >= 0.6 is 0 Å². The zero-order valence-corrected chi connectivity index (χ0v) is 22.6. The van der Waals surface area contributed by atoms with Gasteiger partial charge in [0.2, 0.25) is 0 Å². The van der Waals surface area contributed by atoms with Crippen molar-refractivity contribution in [2.24, 2.45) is 0 Å². The molecule has 0 unspecified atom stereocenters. The van der Waals surface area contributed by atoms with Crippen LogP contribution in [0.5, 0.6) is 5.75 Å². The highest BCUT2D eigenvalue weighted by Crippen LogP contribution is 2.36. The minimum absolute atomic E-state index is 0.123. The summed E-state index contributed by atoms with van der Waals surface area (Å²) in [4.78, 5) is 7.63. The third kappa shape index (κ3) is 6.25. The van der Waals surface area contributed by atoms with E-state index in [1.165, 1.54) is 22.3 Å². The van der Waals surface area contributed by atoms with Gasteiger partial charge in [0.15, 0.2) is 0 Å². The van der Waals surface area contributed by atoms with Gasteiger partial charge in [-0.1, -0.05) is 32.0 Å². The Bertz CT molecular complexity index is 977. The fourth-order valence-electron chi connectivity index (χ4n) is 5.81. The van der Waals surface area contributed by atoms with Gasteiger partial charge in [-0.05, 0) is 77.3 Å². The summed E-state index contributed by atoms with van der Waals surface area (Å²) in [7, 11) is 0. The molecule has 1 aromatic carbocycles. The highest BCUT2D eigenvalue weighted by atomic mass is 16.5. The van der Waals surface area contributed by atoms with Gasteiger partial charge < -0.3 is 14.6 Å². The van der Waals surface area contributed by atoms with Crippen molar-refractivity contribution >= 4 is 0 Å². The maximum Gasteiger partial charge on any atom is 0.128 e. The van der Waals surface area contributed by atoms with E-state index in [4.69, 9.17) is 14.5 Å². The lowest BCUT2D eigenvalue weighted by Crippen LogP contribution is -2.45. The molecule has 0 bridgehead atoms. The number of aromatic nitrogens is 1. The van der Waals surface area contributed by atoms with Crippen molar-refractivity contribution in [3.8, 4) is 17.0 Å². The number of ether oxygens (including phenoxy) is 2. The number of nitrogens with zero attached hydrogens (tertiary/aromatic N) is 2. The van der Waals surface area contributed by atoms with E-state index in [2.05, 4.69) is 63.8 Å². The number of aryl methyl sites for hydroxylation is 3. The fourth-order valence-corrected chi connectivity index (χ4v) is 5.81. The Morgan fingerprint density at radius 2 is 1.69 bits per heavy atom. The average molecular weight is 481 g/mol. The van der Waals surface area contributed by atoms with Crippen molar-refractivity contribution < 1.29 is 14.6 Å². The van der Waals surface area contributed by atoms with Crippen LogP contribution in [0.25, 0.3) is 11.3 Å². The Labute approximate surface area is 211 Å². The first kappa shape index (κ1) is 26.1. The molecule has 0 spiro atoms. The minimum Gasteiger partial charge on any atom is -0.490 e. The van der Waals surface area contributed by atoms with Crippen LogP contribution in [-0.4, -0.2) is 52.0 Å². The molecule has 0 amide bonds. The first-order valence-corrected chi connectivity index (χ1v) is 13.6. The van der Waals surface area contributed by atoms with Crippen LogP contribution in [0.2, 0.25) is 0 Å². The highest BCUT2D eigenvalue weighted by molar-refractivity contribution is 5.70. The molecule has 192 valence electrons.